The smallest absolute Gasteiger partial charge is 0.312 e. The fourth-order valence-corrected chi connectivity index (χ4v) is 2.82. The molecule has 0 saturated carbocycles. The second-order valence-corrected chi connectivity index (χ2v) is 6.70. The molecule has 0 aromatic heterocycles. The van der Waals surface area contributed by atoms with Gasteiger partial charge in [-0.25, -0.2) is 4.79 Å². The number of anilines is 1. The van der Waals surface area contributed by atoms with Crippen LogP contribution in [0.3, 0.4) is 0 Å². The van der Waals surface area contributed by atoms with Gasteiger partial charge in [-0.05, 0) is 48.7 Å². The van der Waals surface area contributed by atoms with Crippen molar-refractivity contribution in [2.75, 3.05) is 11.9 Å². The maximum atomic E-state index is 12.1. The third-order valence-corrected chi connectivity index (χ3v) is 4.47. The number of carbonyl (C=O) groups is 3. The van der Waals surface area contributed by atoms with Crippen molar-refractivity contribution in [2.24, 2.45) is 5.73 Å². The molecule has 0 saturated heterocycles. The summed E-state index contributed by atoms with van der Waals surface area (Å²) in [6.45, 7) is 3.46. The van der Waals surface area contributed by atoms with Crippen molar-refractivity contribution in [1.29, 1.82) is 0 Å². The zero-order valence-corrected chi connectivity index (χ0v) is 16.4. The van der Waals surface area contributed by atoms with Gasteiger partial charge >= 0.3 is 12.0 Å². The minimum absolute atomic E-state index is 0.219. The van der Waals surface area contributed by atoms with Crippen molar-refractivity contribution in [2.45, 2.75) is 26.3 Å². The van der Waals surface area contributed by atoms with Crippen LogP contribution >= 0.6 is 11.6 Å². The number of hydrogen-bond donors (Lipinski definition) is 3. The molecule has 0 aliphatic carbocycles. The molecule has 1 atom stereocenters. The van der Waals surface area contributed by atoms with Gasteiger partial charge in [0, 0.05) is 10.7 Å². The van der Waals surface area contributed by atoms with E-state index in [2.05, 4.69) is 10.6 Å². The molecule has 0 unspecified atom stereocenters. The normalized spacial score (nSPS) is 11.4. The highest BCUT2D eigenvalue weighted by molar-refractivity contribution is 6.31. The Balaban J connectivity index is 1.93. The van der Waals surface area contributed by atoms with Crippen molar-refractivity contribution in [1.82, 2.24) is 5.32 Å². The first kappa shape index (κ1) is 21.2. The standard InChI is InChI=1S/C20H22ClN3O4/c1-12-7-8-14(9-13(12)2)23-18(25)11-28-19(26)10-17(24-20(22)27)15-5-3-4-6-16(15)21/h3-9,17H,10-11H2,1-2H3,(H,23,25)(H3,22,24,27)/t17-/m1/s1. The minimum Gasteiger partial charge on any atom is -0.455 e. The number of primary amides is 1. The van der Waals surface area contributed by atoms with Gasteiger partial charge in [-0.3, -0.25) is 9.59 Å². The molecule has 148 valence electrons. The topological polar surface area (TPSA) is 111 Å². The molecule has 2 rings (SSSR count). The molecule has 2 aromatic carbocycles. The second kappa shape index (κ2) is 9.75. The number of urea groups is 1. The Hall–Kier alpha value is -3.06. The predicted octanol–water partition coefficient (Wildman–Crippen LogP) is 3.24. The highest BCUT2D eigenvalue weighted by Gasteiger charge is 2.21. The number of amides is 3. The number of nitrogens with two attached hydrogens (primary N) is 1. The number of aryl methyl sites for hydroxylation is 2. The van der Waals surface area contributed by atoms with E-state index in [1.807, 2.05) is 26.0 Å². The van der Waals surface area contributed by atoms with Gasteiger partial charge in [0.25, 0.3) is 5.91 Å². The molecule has 0 radical (unpaired) electrons. The van der Waals surface area contributed by atoms with E-state index in [9.17, 15) is 14.4 Å². The monoisotopic (exact) mass is 403 g/mol. The summed E-state index contributed by atoms with van der Waals surface area (Å²) in [6.07, 6.45) is -0.219. The quantitative estimate of drug-likeness (QED) is 0.616. The summed E-state index contributed by atoms with van der Waals surface area (Å²) >= 11 is 6.12. The molecule has 0 heterocycles. The molecule has 8 heteroatoms. The summed E-state index contributed by atoms with van der Waals surface area (Å²) in [5.41, 5.74) is 8.47. The first-order valence-corrected chi connectivity index (χ1v) is 8.97. The van der Waals surface area contributed by atoms with Gasteiger partial charge in [0.2, 0.25) is 0 Å². The Morgan fingerprint density at radius 2 is 1.82 bits per heavy atom. The maximum absolute atomic E-state index is 12.1. The van der Waals surface area contributed by atoms with Crippen molar-refractivity contribution in [3.8, 4) is 0 Å². The SMILES string of the molecule is Cc1ccc(NC(=O)COC(=O)C[C@@H](NC(N)=O)c2ccccc2Cl)cc1C. The third kappa shape index (κ3) is 6.28. The minimum atomic E-state index is -0.801. The fourth-order valence-electron chi connectivity index (χ4n) is 2.56. The molecule has 0 aliphatic heterocycles. The number of carbonyl (C=O) groups excluding carboxylic acids is 3. The Morgan fingerprint density at radius 1 is 1.11 bits per heavy atom. The second-order valence-electron chi connectivity index (χ2n) is 6.29. The summed E-state index contributed by atoms with van der Waals surface area (Å²) < 4.78 is 5.02. The van der Waals surface area contributed by atoms with Crippen LogP contribution < -0.4 is 16.4 Å². The number of halogens is 1. The summed E-state index contributed by atoms with van der Waals surface area (Å²) in [5, 5.41) is 5.50. The molecular formula is C20H22ClN3O4. The Kier molecular flexibility index (Phi) is 7.40. The van der Waals surface area contributed by atoms with Gasteiger partial charge in [0.15, 0.2) is 6.61 Å². The van der Waals surface area contributed by atoms with Crippen molar-refractivity contribution in [3.63, 3.8) is 0 Å². The third-order valence-electron chi connectivity index (χ3n) is 4.12. The van der Waals surface area contributed by atoms with Gasteiger partial charge in [0.05, 0.1) is 12.5 Å². The number of esters is 1. The number of benzene rings is 2. The van der Waals surface area contributed by atoms with Crippen LogP contribution in [-0.4, -0.2) is 24.5 Å². The Morgan fingerprint density at radius 3 is 2.46 bits per heavy atom. The first-order valence-electron chi connectivity index (χ1n) is 8.59. The zero-order valence-electron chi connectivity index (χ0n) is 15.6. The predicted molar refractivity (Wildman–Crippen MR) is 107 cm³/mol. The number of nitrogens with one attached hydrogen (secondary N) is 2. The number of hydrogen-bond acceptors (Lipinski definition) is 4. The molecule has 0 spiro atoms. The largest absolute Gasteiger partial charge is 0.455 e. The van der Waals surface area contributed by atoms with Crippen LogP contribution in [-0.2, 0) is 14.3 Å². The van der Waals surface area contributed by atoms with E-state index >= 15 is 0 Å². The van der Waals surface area contributed by atoms with Crippen LogP contribution in [0.4, 0.5) is 10.5 Å². The summed E-state index contributed by atoms with van der Waals surface area (Å²) in [5.74, 6) is -1.14. The van der Waals surface area contributed by atoms with Crippen LogP contribution in [0.5, 0.6) is 0 Å². The van der Waals surface area contributed by atoms with Gasteiger partial charge in [-0.1, -0.05) is 35.9 Å². The Labute approximate surface area is 168 Å². The summed E-state index contributed by atoms with van der Waals surface area (Å²) in [7, 11) is 0. The van der Waals surface area contributed by atoms with E-state index in [-0.39, 0.29) is 6.42 Å². The summed E-state index contributed by atoms with van der Waals surface area (Å²) in [4.78, 5) is 35.4. The molecule has 4 N–H and O–H groups in total. The zero-order chi connectivity index (χ0) is 20.7. The lowest BCUT2D eigenvalue weighted by atomic mass is 10.0. The molecule has 3 amide bonds. The number of ether oxygens (including phenoxy) is 1. The van der Waals surface area contributed by atoms with E-state index in [1.165, 1.54) is 0 Å². The van der Waals surface area contributed by atoms with E-state index in [4.69, 9.17) is 22.1 Å². The van der Waals surface area contributed by atoms with Crippen molar-refractivity contribution in [3.05, 3.63) is 64.2 Å². The fraction of sp³-hybridized carbons (Fsp3) is 0.250. The average molecular weight is 404 g/mol. The molecule has 2 aromatic rings. The van der Waals surface area contributed by atoms with Crippen LogP contribution in [0.15, 0.2) is 42.5 Å². The van der Waals surface area contributed by atoms with Crippen LogP contribution in [0.2, 0.25) is 5.02 Å². The average Bonchev–Trinajstić information content (AvgIpc) is 2.62. The van der Waals surface area contributed by atoms with Crippen LogP contribution in [0, 0.1) is 13.8 Å². The Bertz CT molecular complexity index is 886. The van der Waals surface area contributed by atoms with Gasteiger partial charge < -0.3 is 21.1 Å². The first-order chi connectivity index (χ1) is 13.3. The van der Waals surface area contributed by atoms with Crippen LogP contribution in [0.1, 0.15) is 29.2 Å². The molecular weight excluding hydrogens is 382 g/mol. The molecule has 0 bridgehead atoms. The maximum Gasteiger partial charge on any atom is 0.312 e. The lowest BCUT2D eigenvalue weighted by molar-refractivity contribution is -0.147. The molecule has 7 nitrogen and oxygen atoms in total. The lowest BCUT2D eigenvalue weighted by Gasteiger charge is -2.18. The van der Waals surface area contributed by atoms with Gasteiger partial charge in [-0.15, -0.1) is 0 Å². The van der Waals surface area contributed by atoms with E-state index in [0.717, 1.165) is 11.1 Å². The molecule has 0 aliphatic rings. The van der Waals surface area contributed by atoms with E-state index in [0.29, 0.717) is 16.3 Å². The highest BCUT2D eigenvalue weighted by atomic mass is 35.5. The van der Waals surface area contributed by atoms with Gasteiger partial charge in [-0.2, -0.15) is 0 Å². The summed E-state index contributed by atoms with van der Waals surface area (Å²) in [6, 6.07) is 10.7. The highest BCUT2D eigenvalue weighted by Crippen LogP contribution is 2.25. The number of rotatable bonds is 7. The van der Waals surface area contributed by atoms with E-state index < -0.39 is 30.6 Å². The van der Waals surface area contributed by atoms with Gasteiger partial charge in [0.1, 0.15) is 0 Å². The van der Waals surface area contributed by atoms with Crippen LogP contribution in [0.25, 0.3) is 0 Å². The lowest BCUT2D eigenvalue weighted by Crippen LogP contribution is -2.35. The van der Waals surface area contributed by atoms with Crippen molar-refractivity contribution >= 4 is 35.2 Å². The van der Waals surface area contributed by atoms with Crippen molar-refractivity contribution < 1.29 is 19.1 Å². The van der Waals surface area contributed by atoms with E-state index in [1.54, 1.807) is 30.3 Å². The molecule has 0 fully saturated rings. The molecule has 28 heavy (non-hydrogen) atoms.